The van der Waals surface area contributed by atoms with Crippen molar-refractivity contribution in [3.8, 4) is 11.5 Å². The monoisotopic (exact) mass is 765 g/mol. The highest BCUT2D eigenvalue weighted by Gasteiger charge is 2.36. The van der Waals surface area contributed by atoms with E-state index in [1.807, 2.05) is 50.2 Å². The number of anilines is 1. The molecule has 4 aromatic carbocycles. The molecule has 9 nitrogen and oxygen atoms in total. The van der Waals surface area contributed by atoms with Crippen LogP contribution in [0.4, 0.5) is 5.69 Å². The van der Waals surface area contributed by atoms with Crippen LogP contribution in [0.1, 0.15) is 54.4 Å². The molecule has 1 aliphatic carbocycles. The van der Waals surface area contributed by atoms with Gasteiger partial charge in [0.1, 0.15) is 12.6 Å². The SMILES string of the molecule is COc1ccc(S(=O)(=O)N(CC(=O)N(Cc2c(Cl)cccc2Cl)[C@@H](Cc2ccccc2)C(=O)NC2CCCCC2)c2cc(C)cc(C)c2)cc1OC. The minimum absolute atomic E-state index is 0.0300. The van der Waals surface area contributed by atoms with Crippen molar-refractivity contribution in [3.05, 3.63) is 117 Å². The zero-order valence-corrected chi connectivity index (χ0v) is 32.2. The number of nitrogens with zero attached hydrogens (tertiary/aromatic N) is 2. The molecule has 1 aliphatic rings. The summed E-state index contributed by atoms with van der Waals surface area (Å²) in [6.45, 7) is 2.96. The molecule has 1 atom stereocenters. The van der Waals surface area contributed by atoms with E-state index in [2.05, 4.69) is 5.32 Å². The molecule has 0 saturated heterocycles. The highest BCUT2D eigenvalue weighted by molar-refractivity contribution is 7.92. The molecule has 0 radical (unpaired) electrons. The van der Waals surface area contributed by atoms with E-state index in [1.54, 1.807) is 30.3 Å². The number of benzene rings is 4. The molecule has 0 heterocycles. The highest BCUT2D eigenvalue weighted by atomic mass is 35.5. The first-order chi connectivity index (χ1) is 24.9. The molecule has 1 saturated carbocycles. The summed E-state index contributed by atoms with van der Waals surface area (Å²) in [6, 6.07) is 23.1. The van der Waals surface area contributed by atoms with E-state index < -0.39 is 28.5 Å². The number of nitrogens with one attached hydrogen (secondary N) is 1. The number of halogens is 2. The number of hydrogen-bond acceptors (Lipinski definition) is 6. The van der Waals surface area contributed by atoms with Crippen molar-refractivity contribution in [3.63, 3.8) is 0 Å². The largest absolute Gasteiger partial charge is 0.493 e. The van der Waals surface area contributed by atoms with Crippen molar-refractivity contribution in [2.75, 3.05) is 25.1 Å². The van der Waals surface area contributed by atoms with Crippen LogP contribution >= 0.6 is 23.2 Å². The number of methoxy groups -OCH3 is 2. The Labute approximate surface area is 316 Å². The molecule has 0 spiro atoms. The molecular formula is C40H45Cl2N3O6S. The summed E-state index contributed by atoms with van der Waals surface area (Å²) in [7, 11) is -1.51. The van der Waals surface area contributed by atoms with Crippen molar-refractivity contribution in [1.29, 1.82) is 0 Å². The third-order valence-electron chi connectivity index (χ3n) is 9.33. The van der Waals surface area contributed by atoms with Gasteiger partial charge in [-0.15, -0.1) is 0 Å². The summed E-state index contributed by atoms with van der Waals surface area (Å²) in [5.41, 5.74) is 3.19. The maximum Gasteiger partial charge on any atom is 0.264 e. The summed E-state index contributed by atoms with van der Waals surface area (Å²) in [6.07, 6.45) is 4.99. The molecule has 5 rings (SSSR count). The Balaban J connectivity index is 1.63. The van der Waals surface area contributed by atoms with E-state index in [-0.39, 0.29) is 35.6 Å². The number of carbonyl (C=O) groups excluding carboxylic acids is 2. The molecule has 2 amide bonds. The zero-order valence-electron chi connectivity index (χ0n) is 29.9. The number of amides is 2. The van der Waals surface area contributed by atoms with Gasteiger partial charge in [-0.25, -0.2) is 8.42 Å². The lowest BCUT2D eigenvalue weighted by Crippen LogP contribution is -2.55. The van der Waals surface area contributed by atoms with Gasteiger partial charge in [0, 0.05) is 40.7 Å². The summed E-state index contributed by atoms with van der Waals surface area (Å²) in [5.74, 6) is -0.370. The molecule has 0 bridgehead atoms. The molecule has 0 aliphatic heterocycles. The average Bonchev–Trinajstić information content (AvgIpc) is 3.13. The number of aryl methyl sites for hydroxylation is 2. The first-order valence-electron chi connectivity index (χ1n) is 17.3. The maximum absolute atomic E-state index is 15.0. The standard InChI is InChI=1S/C40H45Cl2N3O6S/c1-27-20-28(2)22-31(21-27)45(52(48,49)32-18-19-37(50-3)38(24-32)51-4)26-39(46)44(25-33-34(41)16-11-17-35(33)42)36(23-29-12-7-5-8-13-29)40(47)43-30-14-9-6-10-15-30/h5,7-8,11-13,16-22,24,30,36H,6,9-10,14-15,23,25-26H2,1-4H3,(H,43,47)/t36-/m0/s1. The van der Waals surface area contributed by atoms with Crippen LogP contribution in [-0.2, 0) is 32.6 Å². The number of sulfonamides is 1. The Morgan fingerprint density at radius 3 is 2.08 bits per heavy atom. The second-order valence-corrected chi connectivity index (χ2v) is 15.8. The summed E-state index contributed by atoms with van der Waals surface area (Å²) < 4.78 is 41.1. The van der Waals surface area contributed by atoms with Gasteiger partial charge in [0.05, 0.1) is 24.8 Å². The second-order valence-electron chi connectivity index (χ2n) is 13.1. The van der Waals surface area contributed by atoms with E-state index >= 15 is 0 Å². The van der Waals surface area contributed by atoms with Gasteiger partial charge >= 0.3 is 0 Å². The number of ether oxygens (including phenoxy) is 2. The molecule has 0 aromatic heterocycles. The number of hydrogen-bond donors (Lipinski definition) is 1. The van der Waals surface area contributed by atoms with Crippen LogP contribution in [0.2, 0.25) is 10.0 Å². The summed E-state index contributed by atoms with van der Waals surface area (Å²) in [4.78, 5) is 30.7. The fourth-order valence-electron chi connectivity index (χ4n) is 6.68. The van der Waals surface area contributed by atoms with E-state index in [0.29, 0.717) is 27.0 Å². The third-order valence-corrected chi connectivity index (χ3v) is 11.8. The molecule has 12 heteroatoms. The molecule has 52 heavy (non-hydrogen) atoms. The van der Waals surface area contributed by atoms with E-state index in [4.69, 9.17) is 32.7 Å². The van der Waals surface area contributed by atoms with Crippen LogP contribution in [0.3, 0.4) is 0 Å². The van der Waals surface area contributed by atoms with E-state index in [9.17, 15) is 18.0 Å². The lowest BCUT2D eigenvalue weighted by atomic mass is 9.94. The van der Waals surface area contributed by atoms with Crippen LogP contribution < -0.4 is 19.1 Å². The van der Waals surface area contributed by atoms with E-state index in [0.717, 1.165) is 53.1 Å². The summed E-state index contributed by atoms with van der Waals surface area (Å²) in [5, 5.41) is 3.85. The van der Waals surface area contributed by atoms with Gasteiger partial charge in [-0.3, -0.25) is 13.9 Å². The molecule has 1 N–H and O–H groups in total. The van der Waals surface area contributed by atoms with Crippen molar-refractivity contribution < 1.29 is 27.5 Å². The molecule has 0 unspecified atom stereocenters. The minimum Gasteiger partial charge on any atom is -0.493 e. The van der Waals surface area contributed by atoms with Crippen molar-refractivity contribution >= 4 is 50.7 Å². The molecule has 276 valence electrons. The van der Waals surface area contributed by atoms with Crippen molar-refractivity contribution in [2.45, 2.75) is 75.9 Å². The van der Waals surface area contributed by atoms with Crippen molar-refractivity contribution in [1.82, 2.24) is 10.2 Å². The lowest BCUT2D eigenvalue weighted by molar-refractivity contribution is -0.140. The lowest BCUT2D eigenvalue weighted by Gasteiger charge is -2.35. The second kappa shape index (κ2) is 17.5. The normalized spacial score (nSPS) is 14.0. The number of carbonyl (C=O) groups is 2. The Bertz CT molecular complexity index is 1950. The highest BCUT2D eigenvalue weighted by Crippen LogP contribution is 2.34. The van der Waals surface area contributed by atoms with Gasteiger partial charge in [-0.2, -0.15) is 0 Å². The van der Waals surface area contributed by atoms with Crippen LogP contribution in [0.15, 0.2) is 89.8 Å². The quantitative estimate of drug-likeness (QED) is 0.140. The van der Waals surface area contributed by atoms with E-state index in [1.165, 1.54) is 37.3 Å². The smallest absolute Gasteiger partial charge is 0.264 e. The van der Waals surface area contributed by atoms with Gasteiger partial charge in [0.15, 0.2) is 11.5 Å². The number of rotatable bonds is 14. The first-order valence-corrected chi connectivity index (χ1v) is 19.5. The Kier molecular flexibility index (Phi) is 13.1. The predicted molar refractivity (Wildman–Crippen MR) is 206 cm³/mol. The maximum atomic E-state index is 15.0. The van der Waals surface area contributed by atoms with Gasteiger partial charge in [-0.1, -0.05) is 84.9 Å². The Morgan fingerprint density at radius 2 is 1.46 bits per heavy atom. The molecule has 1 fully saturated rings. The fourth-order valence-corrected chi connectivity index (χ4v) is 8.61. The van der Waals surface area contributed by atoms with Crippen LogP contribution in [-0.4, -0.2) is 58.0 Å². The van der Waals surface area contributed by atoms with Gasteiger partial charge < -0.3 is 19.7 Å². The van der Waals surface area contributed by atoms with Gasteiger partial charge in [0.25, 0.3) is 10.0 Å². The predicted octanol–water partition coefficient (Wildman–Crippen LogP) is 7.91. The van der Waals surface area contributed by atoms with Crippen LogP contribution in [0.25, 0.3) is 0 Å². The third kappa shape index (κ3) is 9.40. The van der Waals surface area contributed by atoms with Gasteiger partial charge in [-0.05, 0) is 79.8 Å². The van der Waals surface area contributed by atoms with Crippen LogP contribution in [0.5, 0.6) is 11.5 Å². The average molecular weight is 767 g/mol. The first kappa shape index (κ1) is 39.0. The van der Waals surface area contributed by atoms with Crippen LogP contribution in [0, 0.1) is 13.8 Å². The Hall–Kier alpha value is -4.25. The minimum atomic E-state index is -4.39. The Morgan fingerprint density at radius 1 is 0.827 bits per heavy atom. The van der Waals surface area contributed by atoms with Gasteiger partial charge in [0.2, 0.25) is 11.8 Å². The molecule has 4 aromatic rings. The summed E-state index contributed by atoms with van der Waals surface area (Å²) >= 11 is 13.3. The zero-order chi connectivity index (χ0) is 37.4. The fraction of sp³-hybridized carbons (Fsp3) is 0.350. The molecular weight excluding hydrogens is 721 g/mol. The van der Waals surface area contributed by atoms with Crippen molar-refractivity contribution in [2.24, 2.45) is 0 Å². The topological polar surface area (TPSA) is 105 Å².